The molecule has 0 heterocycles. The van der Waals surface area contributed by atoms with Crippen LogP contribution < -0.4 is 0 Å². The van der Waals surface area contributed by atoms with E-state index in [1.807, 2.05) is 0 Å². The van der Waals surface area contributed by atoms with Crippen molar-refractivity contribution in [3.8, 4) is 0 Å². The van der Waals surface area contributed by atoms with Crippen molar-refractivity contribution in [2.24, 2.45) is 11.8 Å². The van der Waals surface area contributed by atoms with Crippen molar-refractivity contribution in [1.29, 1.82) is 0 Å². The summed E-state index contributed by atoms with van der Waals surface area (Å²) in [7, 11) is 0. The third-order valence-electron chi connectivity index (χ3n) is 2.62. The third kappa shape index (κ3) is 1.86. The van der Waals surface area contributed by atoms with Gasteiger partial charge in [0.15, 0.2) is 0 Å². The Kier molecular flexibility index (Phi) is 2.53. The number of allylic oxidation sites excluding steroid dienone is 2. The minimum atomic E-state index is 0.861. The van der Waals surface area contributed by atoms with E-state index in [9.17, 15) is 0 Å². The smallest absolute Gasteiger partial charge is 0.0133 e. The van der Waals surface area contributed by atoms with Crippen LogP contribution in [0.25, 0.3) is 0 Å². The second-order valence-corrected chi connectivity index (χ2v) is 3.54. The summed E-state index contributed by atoms with van der Waals surface area (Å²) in [6.07, 6.45) is 6.38. The predicted octanol–water partition coefficient (Wildman–Crippen LogP) is 3.39. The second-order valence-electron chi connectivity index (χ2n) is 3.54. The summed E-state index contributed by atoms with van der Waals surface area (Å²) in [6.45, 7) is 7.00. The Morgan fingerprint density at radius 2 is 2.10 bits per heavy atom. The molecule has 0 bridgehead atoms. The first-order chi connectivity index (χ1) is 4.75. The van der Waals surface area contributed by atoms with Crippen molar-refractivity contribution in [3.05, 3.63) is 11.6 Å². The van der Waals surface area contributed by atoms with E-state index in [-0.39, 0.29) is 0 Å². The molecule has 1 rings (SSSR count). The van der Waals surface area contributed by atoms with Crippen LogP contribution in [0.1, 0.15) is 40.0 Å². The molecule has 0 aliphatic heterocycles. The Hall–Kier alpha value is -0.260. The van der Waals surface area contributed by atoms with Gasteiger partial charge < -0.3 is 0 Å². The highest BCUT2D eigenvalue weighted by molar-refractivity contribution is 5.24. The van der Waals surface area contributed by atoms with Gasteiger partial charge in [0.2, 0.25) is 0 Å². The van der Waals surface area contributed by atoms with Crippen LogP contribution in [-0.2, 0) is 0 Å². The summed E-state index contributed by atoms with van der Waals surface area (Å²) >= 11 is 0. The molecule has 0 heteroatoms. The molecule has 0 radical (unpaired) electrons. The minimum Gasteiger partial charge on any atom is -0.0807 e. The zero-order valence-corrected chi connectivity index (χ0v) is 7.35. The van der Waals surface area contributed by atoms with Gasteiger partial charge in [0.25, 0.3) is 0 Å². The van der Waals surface area contributed by atoms with Crippen LogP contribution in [0.5, 0.6) is 0 Å². The van der Waals surface area contributed by atoms with Gasteiger partial charge in [0.1, 0.15) is 0 Å². The topological polar surface area (TPSA) is 0 Å². The molecule has 0 N–H and O–H groups in total. The normalized spacial score (nSPS) is 21.7. The standard InChI is InChI=1S/C10H18/c1-4-5-8(2)9(3)10-6-7-10/h6,8-9H,4-5,7H2,1-3H3. The molecule has 0 amide bonds. The van der Waals surface area contributed by atoms with E-state index in [0.29, 0.717) is 0 Å². The molecule has 0 spiro atoms. The molecule has 0 nitrogen and oxygen atoms in total. The van der Waals surface area contributed by atoms with Gasteiger partial charge in [-0.25, -0.2) is 0 Å². The Bertz CT molecular complexity index is 133. The van der Waals surface area contributed by atoms with Gasteiger partial charge in [-0.3, -0.25) is 0 Å². The zero-order chi connectivity index (χ0) is 7.56. The monoisotopic (exact) mass is 138 g/mol. The Morgan fingerprint density at radius 1 is 1.50 bits per heavy atom. The zero-order valence-electron chi connectivity index (χ0n) is 7.35. The van der Waals surface area contributed by atoms with Crippen molar-refractivity contribution >= 4 is 0 Å². The molecule has 10 heavy (non-hydrogen) atoms. The molecule has 1 aliphatic carbocycles. The molecule has 0 saturated carbocycles. The van der Waals surface area contributed by atoms with Crippen LogP contribution >= 0.6 is 0 Å². The lowest BCUT2D eigenvalue weighted by molar-refractivity contribution is 0.413. The Labute approximate surface area is 64.3 Å². The summed E-state index contributed by atoms with van der Waals surface area (Å²) in [5.41, 5.74) is 1.70. The van der Waals surface area contributed by atoms with Crippen molar-refractivity contribution < 1.29 is 0 Å². The van der Waals surface area contributed by atoms with Gasteiger partial charge in [0.05, 0.1) is 0 Å². The van der Waals surface area contributed by atoms with E-state index in [0.717, 1.165) is 11.8 Å². The van der Waals surface area contributed by atoms with E-state index >= 15 is 0 Å². The summed E-state index contributed by atoms with van der Waals surface area (Å²) in [6, 6.07) is 0. The van der Waals surface area contributed by atoms with Gasteiger partial charge in [-0.15, -0.1) is 0 Å². The maximum absolute atomic E-state index is 2.37. The van der Waals surface area contributed by atoms with E-state index < -0.39 is 0 Å². The minimum absolute atomic E-state index is 0.861. The fraction of sp³-hybridized carbons (Fsp3) is 0.800. The molecule has 58 valence electrons. The first-order valence-electron chi connectivity index (χ1n) is 4.44. The lowest BCUT2D eigenvalue weighted by Crippen LogP contribution is -2.05. The van der Waals surface area contributed by atoms with E-state index in [4.69, 9.17) is 0 Å². The molecular formula is C10H18. The van der Waals surface area contributed by atoms with E-state index in [1.54, 1.807) is 5.57 Å². The maximum Gasteiger partial charge on any atom is -0.0133 e. The molecule has 0 fully saturated rings. The summed E-state index contributed by atoms with van der Waals surface area (Å²) < 4.78 is 0. The lowest BCUT2D eigenvalue weighted by atomic mass is 9.90. The number of rotatable bonds is 4. The summed E-state index contributed by atoms with van der Waals surface area (Å²) in [5, 5.41) is 0. The lowest BCUT2D eigenvalue weighted by Gasteiger charge is -2.16. The van der Waals surface area contributed by atoms with Gasteiger partial charge in [-0.05, 0) is 18.3 Å². The van der Waals surface area contributed by atoms with Crippen LogP contribution in [0.3, 0.4) is 0 Å². The van der Waals surface area contributed by atoms with Crippen molar-refractivity contribution in [1.82, 2.24) is 0 Å². The number of hydrogen-bond acceptors (Lipinski definition) is 0. The molecule has 0 saturated heterocycles. The summed E-state index contributed by atoms with van der Waals surface area (Å²) in [4.78, 5) is 0. The fourth-order valence-electron chi connectivity index (χ4n) is 1.50. The molecule has 0 aromatic heterocycles. The first kappa shape index (κ1) is 7.84. The highest BCUT2D eigenvalue weighted by atomic mass is 14.3. The van der Waals surface area contributed by atoms with E-state index in [2.05, 4.69) is 26.8 Å². The van der Waals surface area contributed by atoms with Crippen LogP contribution in [-0.4, -0.2) is 0 Å². The largest absolute Gasteiger partial charge is 0.0807 e. The highest BCUT2D eigenvalue weighted by Gasteiger charge is 2.20. The molecule has 0 aromatic rings. The van der Waals surface area contributed by atoms with Crippen molar-refractivity contribution in [2.75, 3.05) is 0 Å². The molecular weight excluding hydrogens is 120 g/mol. The molecule has 2 unspecified atom stereocenters. The predicted molar refractivity (Wildman–Crippen MR) is 45.9 cm³/mol. The van der Waals surface area contributed by atoms with Gasteiger partial charge in [0, 0.05) is 0 Å². The molecule has 1 aliphatic rings. The number of hydrogen-bond donors (Lipinski definition) is 0. The Morgan fingerprint density at radius 3 is 2.50 bits per heavy atom. The van der Waals surface area contributed by atoms with Gasteiger partial charge in [-0.2, -0.15) is 0 Å². The molecule has 0 aromatic carbocycles. The van der Waals surface area contributed by atoms with Crippen LogP contribution in [0, 0.1) is 11.8 Å². The molecule has 2 atom stereocenters. The maximum atomic E-state index is 2.37. The average molecular weight is 138 g/mol. The van der Waals surface area contributed by atoms with Crippen LogP contribution in [0.4, 0.5) is 0 Å². The third-order valence-corrected chi connectivity index (χ3v) is 2.62. The fourth-order valence-corrected chi connectivity index (χ4v) is 1.50. The SMILES string of the molecule is CCCC(C)C(C)C1=CC1. The van der Waals surface area contributed by atoms with Crippen molar-refractivity contribution in [3.63, 3.8) is 0 Å². The van der Waals surface area contributed by atoms with Gasteiger partial charge in [-0.1, -0.05) is 45.3 Å². The van der Waals surface area contributed by atoms with E-state index in [1.165, 1.54) is 19.3 Å². The quantitative estimate of drug-likeness (QED) is 0.522. The first-order valence-corrected chi connectivity index (χ1v) is 4.44. The summed E-state index contributed by atoms with van der Waals surface area (Å²) in [5.74, 6) is 1.76. The van der Waals surface area contributed by atoms with Crippen molar-refractivity contribution in [2.45, 2.75) is 40.0 Å². The second kappa shape index (κ2) is 3.23. The van der Waals surface area contributed by atoms with Crippen LogP contribution in [0.2, 0.25) is 0 Å². The Balaban J connectivity index is 2.24. The van der Waals surface area contributed by atoms with Gasteiger partial charge >= 0.3 is 0 Å². The highest BCUT2D eigenvalue weighted by Crippen LogP contribution is 2.34. The van der Waals surface area contributed by atoms with Crippen LogP contribution in [0.15, 0.2) is 11.6 Å². The average Bonchev–Trinajstić information content (AvgIpc) is 2.68.